The molecule has 0 bridgehead atoms. The number of rotatable bonds is 4. The highest BCUT2D eigenvalue weighted by Crippen LogP contribution is 2.29. The van der Waals surface area contributed by atoms with Crippen molar-refractivity contribution in [2.24, 2.45) is 4.99 Å². The van der Waals surface area contributed by atoms with Crippen LogP contribution in [0.4, 0.5) is 5.69 Å². The predicted octanol–water partition coefficient (Wildman–Crippen LogP) is 6.56. The van der Waals surface area contributed by atoms with Crippen molar-refractivity contribution >= 4 is 46.2 Å². The molecule has 0 fully saturated rings. The van der Waals surface area contributed by atoms with Gasteiger partial charge in [-0.3, -0.25) is 4.99 Å². The van der Waals surface area contributed by atoms with Gasteiger partial charge in [-0.25, -0.2) is 4.98 Å². The standard InChI is InChI=1S/C21H14Cl2N2O2/c1-26-16-8-5-13(6-9-16)21-25-18-11-15(7-10-19(18)27-21)24-12-14-3-2-4-17(22)20(14)23/h2-12H,1H3. The van der Waals surface area contributed by atoms with Gasteiger partial charge in [0.1, 0.15) is 11.3 Å². The third kappa shape index (κ3) is 3.68. The van der Waals surface area contributed by atoms with Crippen LogP contribution in [0.15, 0.2) is 70.1 Å². The molecule has 1 aromatic heterocycles. The summed E-state index contributed by atoms with van der Waals surface area (Å²) in [6.45, 7) is 0. The minimum atomic E-state index is 0.479. The van der Waals surface area contributed by atoms with Crippen LogP contribution in [0.25, 0.3) is 22.6 Å². The zero-order valence-electron chi connectivity index (χ0n) is 14.3. The van der Waals surface area contributed by atoms with E-state index in [2.05, 4.69) is 9.98 Å². The lowest BCUT2D eigenvalue weighted by Gasteiger charge is -1.99. The molecule has 0 unspecified atom stereocenters. The third-order valence-corrected chi connectivity index (χ3v) is 4.88. The maximum Gasteiger partial charge on any atom is 0.227 e. The van der Waals surface area contributed by atoms with Crippen molar-refractivity contribution in [2.45, 2.75) is 0 Å². The number of aliphatic imine (C=N–C) groups is 1. The molecule has 4 rings (SSSR count). The summed E-state index contributed by atoms with van der Waals surface area (Å²) in [5.41, 5.74) is 3.80. The maximum atomic E-state index is 6.19. The number of ether oxygens (including phenoxy) is 1. The second-order valence-electron chi connectivity index (χ2n) is 5.80. The molecule has 6 heteroatoms. The smallest absolute Gasteiger partial charge is 0.227 e. The Morgan fingerprint density at radius 1 is 1.04 bits per heavy atom. The van der Waals surface area contributed by atoms with Gasteiger partial charge in [-0.15, -0.1) is 0 Å². The van der Waals surface area contributed by atoms with Gasteiger partial charge in [0.05, 0.1) is 22.8 Å². The van der Waals surface area contributed by atoms with E-state index in [4.69, 9.17) is 32.4 Å². The van der Waals surface area contributed by atoms with Gasteiger partial charge in [-0.05, 0) is 48.5 Å². The molecule has 4 nitrogen and oxygen atoms in total. The van der Waals surface area contributed by atoms with Gasteiger partial charge in [0.25, 0.3) is 0 Å². The fourth-order valence-corrected chi connectivity index (χ4v) is 2.97. The van der Waals surface area contributed by atoms with Gasteiger partial charge in [0.15, 0.2) is 5.58 Å². The average molecular weight is 397 g/mol. The van der Waals surface area contributed by atoms with E-state index in [9.17, 15) is 0 Å². The number of oxazole rings is 1. The monoisotopic (exact) mass is 396 g/mol. The third-order valence-electron chi connectivity index (χ3n) is 4.04. The number of fused-ring (bicyclic) bond motifs is 1. The molecule has 0 N–H and O–H groups in total. The average Bonchev–Trinajstić information content (AvgIpc) is 3.12. The summed E-state index contributed by atoms with van der Waals surface area (Å²) in [7, 11) is 1.63. The van der Waals surface area contributed by atoms with Crippen molar-refractivity contribution < 1.29 is 9.15 Å². The molecule has 0 aliphatic rings. The summed E-state index contributed by atoms with van der Waals surface area (Å²) in [6, 6.07) is 18.6. The molecule has 27 heavy (non-hydrogen) atoms. The zero-order valence-corrected chi connectivity index (χ0v) is 15.8. The molecule has 0 saturated heterocycles. The van der Waals surface area contributed by atoms with E-state index in [1.54, 1.807) is 19.4 Å². The van der Waals surface area contributed by atoms with Crippen molar-refractivity contribution in [3.05, 3.63) is 76.3 Å². The van der Waals surface area contributed by atoms with E-state index < -0.39 is 0 Å². The summed E-state index contributed by atoms with van der Waals surface area (Å²) in [5.74, 6) is 1.33. The van der Waals surface area contributed by atoms with Crippen LogP contribution in [0, 0.1) is 0 Å². The highest BCUT2D eigenvalue weighted by atomic mass is 35.5. The largest absolute Gasteiger partial charge is 0.497 e. The predicted molar refractivity (Wildman–Crippen MR) is 110 cm³/mol. The van der Waals surface area contributed by atoms with Gasteiger partial charge < -0.3 is 9.15 Å². The summed E-state index contributed by atoms with van der Waals surface area (Å²) in [5, 5.41) is 0.976. The van der Waals surface area contributed by atoms with Crippen molar-refractivity contribution in [3.63, 3.8) is 0 Å². The Bertz CT molecular complexity index is 1130. The van der Waals surface area contributed by atoms with Crippen molar-refractivity contribution in [2.75, 3.05) is 7.11 Å². The van der Waals surface area contributed by atoms with Crippen LogP contribution in [-0.4, -0.2) is 18.3 Å². The van der Waals surface area contributed by atoms with Crippen molar-refractivity contribution in [3.8, 4) is 17.2 Å². The first kappa shape index (κ1) is 17.6. The normalized spacial score (nSPS) is 11.4. The van der Waals surface area contributed by atoms with Gasteiger partial charge in [-0.2, -0.15) is 0 Å². The first-order chi connectivity index (χ1) is 13.1. The lowest BCUT2D eigenvalue weighted by atomic mass is 10.2. The van der Waals surface area contributed by atoms with Gasteiger partial charge in [0, 0.05) is 17.3 Å². The molecule has 134 valence electrons. The molecule has 0 spiro atoms. The molecule has 0 saturated carbocycles. The van der Waals surface area contributed by atoms with Gasteiger partial charge in [0.2, 0.25) is 5.89 Å². The SMILES string of the molecule is COc1ccc(-c2nc3cc(N=Cc4cccc(Cl)c4Cl)ccc3o2)cc1. The number of benzene rings is 3. The molecule has 0 aliphatic carbocycles. The Morgan fingerprint density at radius 2 is 1.85 bits per heavy atom. The Balaban J connectivity index is 1.64. The summed E-state index contributed by atoms with van der Waals surface area (Å²) in [4.78, 5) is 9.02. The Morgan fingerprint density at radius 3 is 2.63 bits per heavy atom. The van der Waals surface area contributed by atoms with Crippen LogP contribution in [0.2, 0.25) is 10.0 Å². The highest BCUT2D eigenvalue weighted by Gasteiger charge is 2.09. The molecule has 4 aromatic rings. The molecule has 0 radical (unpaired) electrons. The fourth-order valence-electron chi connectivity index (χ4n) is 2.62. The molecular formula is C21H14Cl2N2O2. The van der Waals surface area contributed by atoms with E-state index in [-0.39, 0.29) is 0 Å². The first-order valence-corrected chi connectivity index (χ1v) is 8.93. The molecular weight excluding hydrogens is 383 g/mol. The molecule has 0 amide bonds. The zero-order chi connectivity index (χ0) is 18.8. The van der Waals surface area contributed by atoms with Gasteiger partial charge >= 0.3 is 0 Å². The summed E-state index contributed by atoms with van der Waals surface area (Å²) in [6.07, 6.45) is 1.68. The van der Waals surface area contributed by atoms with E-state index in [0.29, 0.717) is 21.5 Å². The minimum Gasteiger partial charge on any atom is -0.497 e. The van der Waals surface area contributed by atoms with Gasteiger partial charge in [-0.1, -0.05) is 35.3 Å². The number of nitrogens with zero attached hydrogens (tertiary/aromatic N) is 2. The number of hydrogen-bond donors (Lipinski definition) is 0. The lowest BCUT2D eigenvalue weighted by Crippen LogP contribution is -1.83. The quantitative estimate of drug-likeness (QED) is 0.367. The van der Waals surface area contributed by atoms with Crippen LogP contribution >= 0.6 is 23.2 Å². The summed E-state index contributed by atoms with van der Waals surface area (Å²) < 4.78 is 11.0. The Labute approximate surface area is 166 Å². The topological polar surface area (TPSA) is 47.6 Å². The second-order valence-corrected chi connectivity index (χ2v) is 6.59. The van der Waals surface area contributed by atoms with Crippen LogP contribution in [-0.2, 0) is 0 Å². The lowest BCUT2D eigenvalue weighted by molar-refractivity contribution is 0.415. The second kappa shape index (κ2) is 7.43. The maximum absolute atomic E-state index is 6.19. The molecule has 0 atom stereocenters. The number of halogens is 2. The van der Waals surface area contributed by atoms with Crippen molar-refractivity contribution in [1.29, 1.82) is 0 Å². The summed E-state index contributed by atoms with van der Waals surface area (Å²) >= 11 is 12.2. The molecule has 3 aromatic carbocycles. The Kier molecular flexibility index (Phi) is 4.84. The first-order valence-electron chi connectivity index (χ1n) is 8.17. The van der Waals surface area contributed by atoms with E-state index in [0.717, 1.165) is 28.1 Å². The minimum absolute atomic E-state index is 0.479. The van der Waals surface area contributed by atoms with Crippen LogP contribution in [0.5, 0.6) is 5.75 Å². The van der Waals surface area contributed by atoms with E-state index in [1.807, 2.05) is 54.6 Å². The number of aromatic nitrogens is 1. The van der Waals surface area contributed by atoms with E-state index in [1.165, 1.54) is 0 Å². The molecule has 0 aliphatic heterocycles. The van der Waals surface area contributed by atoms with Crippen molar-refractivity contribution in [1.82, 2.24) is 4.98 Å². The van der Waals surface area contributed by atoms with Crippen LogP contribution < -0.4 is 4.74 Å². The van der Waals surface area contributed by atoms with Crippen LogP contribution in [0.3, 0.4) is 0 Å². The number of hydrogen-bond acceptors (Lipinski definition) is 4. The van der Waals surface area contributed by atoms with E-state index >= 15 is 0 Å². The number of methoxy groups -OCH3 is 1. The molecule has 1 heterocycles. The Hall–Kier alpha value is -2.82. The van der Waals surface area contributed by atoms with Crippen LogP contribution in [0.1, 0.15) is 5.56 Å². The highest BCUT2D eigenvalue weighted by molar-refractivity contribution is 6.43. The fraction of sp³-hybridized carbons (Fsp3) is 0.0476.